The highest BCUT2D eigenvalue weighted by molar-refractivity contribution is 6.09. The fraction of sp³-hybridized carbons (Fsp3) is 0. The maximum absolute atomic E-state index is 12.2. The Bertz CT molecular complexity index is 672. The Morgan fingerprint density at radius 1 is 1.00 bits per heavy atom. The van der Waals surface area contributed by atoms with Crippen LogP contribution in [0.25, 0.3) is 6.08 Å². The second-order valence-electron chi connectivity index (χ2n) is 4.25. The van der Waals surface area contributed by atoms with Crippen molar-refractivity contribution in [2.24, 2.45) is 0 Å². The number of nitrogens with two attached hydrogens (primary N) is 1. The van der Waals surface area contributed by atoms with E-state index in [1.165, 1.54) is 6.08 Å². The van der Waals surface area contributed by atoms with Gasteiger partial charge in [0, 0.05) is 22.9 Å². The van der Waals surface area contributed by atoms with E-state index in [4.69, 9.17) is 10.8 Å². The van der Waals surface area contributed by atoms with Gasteiger partial charge in [-0.1, -0.05) is 36.4 Å². The molecule has 2 rings (SSSR count). The molecule has 4 heteroatoms. The van der Waals surface area contributed by atoms with Crippen molar-refractivity contribution in [1.29, 1.82) is 0 Å². The number of rotatable bonds is 4. The first-order valence-electron chi connectivity index (χ1n) is 5.97. The SMILES string of the molecule is Nc1cccc(C(=O)c2ccc(/C=C/C(=O)O)cc2)c1. The van der Waals surface area contributed by atoms with Gasteiger partial charge in [0.15, 0.2) is 5.78 Å². The molecule has 0 fully saturated rings. The molecule has 3 N–H and O–H groups in total. The van der Waals surface area contributed by atoms with Crippen molar-refractivity contribution in [3.63, 3.8) is 0 Å². The second kappa shape index (κ2) is 5.84. The van der Waals surface area contributed by atoms with E-state index in [9.17, 15) is 9.59 Å². The minimum Gasteiger partial charge on any atom is -0.478 e. The van der Waals surface area contributed by atoms with Crippen LogP contribution in [0.15, 0.2) is 54.6 Å². The van der Waals surface area contributed by atoms with Crippen LogP contribution in [-0.2, 0) is 4.79 Å². The van der Waals surface area contributed by atoms with Gasteiger partial charge in [0.05, 0.1) is 0 Å². The monoisotopic (exact) mass is 267 g/mol. The molecule has 0 radical (unpaired) electrons. The average Bonchev–Trinajstić information content (AvgIpc) is 2.45. The number of aliphatic carboxylic acids is 1. The molecule has 0 aliphatic heterocycles. The molecule has 100 valence electrons. The maximum Gasteiger partial charge on any atom is 0.328 e. The zero-order valence-corrected chi connectivity index (χ0v) is 10.6. The summed E-state index contributed by atoms with van der Waals surface area (Å²) in [6.07, 6.45) is 2.52. The van der Waals surface area contributed by atoms with Crippen molar-refractivity contribution in [2.75, 3.05) is 5.73 Å². The fourth-order valence-corrected chi connectivity index (χ4v) is 1.76. The van der Waals surface area contributed by atoms with Crippen LogP contribution in [0.5, 0.6) is 0 Å². The molecule has 2 aromatic carbocycles. The highest BCUT2D eigenvalue weighted by atomic mass is 16.4. The first kappa shape index (κ1) is 13.5. The summed E-state index contributed by atoms with van der Waals surface area (Å²) in [7, 11) is 0. The highest BCUT2D eigenvalue weighted by Gasteiger charge is 2.08. The van der Waals surface area contributed by atoms with Gasteiger partial charge >= 0.3 is 5.97 Å². The summed E-state index contributed by atoms with van der Waals surface area (Å²) in [5.74, 6) is -1.13. The van der Waals surface area contributed by atoms with E-state index in [-0.39, 0.29) is 5.78 Å². The Labute approximate surface area is 116 Å². The molecule has 0 bridgehead atoms. The van der Waals surface area contributed by atoms with Crippen LogP contribution in [0, 0.1) is 0 Å². The summed E-state index contributed by atoms with van der Waals surface area (Å²) in [5.41, 5.74) is 7.96. The molecule has 0 aromatic heterocycles. The molecule has 0 aliphatic carbocycles. The van der Waals surface area contributed by atoms with Crippen LogP contribution in [0.2, 0.25) is 0 Å². The minimum atomic E-state index is -1.01. The molecule has 0 amide bonds. The predicted molar refractivity (Wildman–Crippen MR) is 77.4 cm³/mol. The van der Waals surface area contributed by atoms with E-state index in [0.717, 1.165) is 11.6 Å². The van der Waals surface area contributed by atoms with E-state index in [1.54, 1.807) is 48.5 Å². The molecule has 4 nitrogen and oxygen atoms in total. The van der Waals surface area contributed by atoms with E-state index in [1.807, 2.05) is 0 Å². The Morgan fingerprint density at radius 3 is 2.30 bits per heavy atom. The molecular weight excluding hydrogens is 254 g/mol. The number of benzene rings is 2. The molecule has 0 heterocycles. The Hall–Kier alpha value is -2.88. The summed E-state index contributed by atoms with van der Waals surface area (Å²) in [6, 6.07) is 13.5. The number of carboxylic acids is 1. The van der Waals surface area contributed by atoms with Gasteiger partial charge in [-0.3, -0.25) is 4.79 Å². The molecule has 0 aliphatic rings. The lowest BCUT2D eigenvalue weighted by molar-refractivity contribution is -0.131. The lowest BCUT2D eigenvalue weighted by atomic mass is 10.0. The van der Waals surface area contributed by atoms with Crippen LogP contribution in [0.1, 0.15) is 21.5 Å². The fourth-order valence-electron chi connectivity index (χ4n) is 1.76. The average molecular weight is 267 g/mol. The Kier molecular flexibility index (Phi) is 3.96. The standard InChI is InChI=1S/C16H13NO3/c17-14-3-1-2-13(10-14)16(20)12-7-4-11(5-8-12)6-9-15(18)19/h1-10H,17H2,(H,18,19)/b9-6+. The summed E-state index contributed by atoms with van der Waals surface area (Å²) < 4.78 is 0. The zero-order chi connectivity index (χ0) is 14.5. The third kappa shape index (κ3) is 3.32. The number of carboxylic acid groups (broad SMARTS) is 1. The Balaban J connectivity index is 2.22. The smallest absolute Gasteiger partial charge is 0.328 e. The third-order valence-corrected chi connectivity index (χ3v) is 2.74. The van der Waals surface area contributed by atoms with Crippen LogP contribution >= 0.6 is 0 Å². The molecular formula is C16H13NO3. The highest BCUT2D eigenvalue weighted by Crippen LogP contribution is 2.14. The maximum atomic E-state index is 12.2. The van der Waals surface area contributed by atoms with Gasteiger partial charge in [0.1, 0.15) is 0 Å². The number of carbonyl (C=O) groups excluding carboxylic acids is 1. The van der Waals surface area contributed by atoms with E-state index in [2.05, 4.69) is 0 Å². The molecule has 0 atom stereocenters. The second-order valence-corrected chi connectivity index (χ2v) is 4.25. The van der Waals surface area contributed by atoms with E-state index >= 15 is 0 Å². The molecule has 0 unspecified atom stereocenters. The van der Waals surface area contributed by atoms with Crippen molar-refractivity contribution in [1.82, 2.24) is 0 Å². The largest absolute Gasteiger partial charge is 0.478 e. The van der Waals surface area contributed by atoms with Crippen LogP contribution in [-0.4, -0.2) is 16.9 Å². The lowest BCUT2D eigenvalue weighted by Gasteiger charge is -2.03. The number of ketones is 1. The first-order valence-corrected chi connectivity index (χ1v) is 5.97. The number of hydrogen-bond acceptors (Lipinski definition) is 3. The quantitative estimate of drug-likeness (QED) is 0.507. The van der Waals surface area contributed by atoms with Gasteiger partial charge in [0.25, 0.3) is 0 Å². The number of carbonyl (C=O) groups is 2. The summed E-state index contributed by atoms with van der Waals surface area (Å²) in [4.78, 5) is 22.6. The molecule has 0 spiro atoms. The number of hydrogen-bond donors (Lipinski definition) is 2. The summed E-state index contributed by atoms with van der Waals surface area (Å²) in [5, 5.41) is 8.54. The van der Waals surface area contributed by atoms with Gasteiger partial charge in [-0.2, -0.15) is 0 Å². The first-order chi connectivity index (χ1) is 9.56. The molecule has 0 saturated heterocycles. The van der Waals surface area contributed by atoms with Crippen molar-refractivity contribution < 1.29 is 14.7 Å². The number of nitrogen functional groups attached to an aromatic ring is 1. The van der Waals surface area contributed by atoms with Gasteiger partial charge in [-0.15, -0.1) is 0 Å². The summed E-state index contributed by atoms with van der Waals surface area (Å²) >= 11 is 0. The molecule has 0 saturated carbocycles. The van der Waals surface area contributed by atoms with Crippen molar-refractivity contribution in [3.05, 3.63) is 71.3 Å². The third-order valence-electron chi connectivity index (χ3n) is 2.74. The van der Waals surface area contributed by atoms with Gasteiger partial charge in [-0.05, 0) is 23.8 Å². The normalized spacial score (nSPS) is 10.6. The predicted octanol–water partition coefficient (Wildman–Crippen LogP) is 2.60. The van der Waals surface area contributed by atoms with E-state index in [0.29, 0.717) is 16.8 Å². The van der Waals surface area contributed by atoms with Gasteiger partial charge in [0.2, 0.25) is 0 Å². The van der Waals surface area contributed by atoms with Gasteiger partial charge in [-0.25, -0.2) is 4.79 Å². The van der Waals surface area contributed by atoms with Crippen molar-refractivity contribution >= 4 is 23.5 Å². The Morgan fingerprint density at radius 2 is 1.70 bits per heavy atom. The van der Waals surface area contributed by atoms with Crippen LogP contribution in [0.3, 0.4) is 0 Å². The van der Waals surface area contributed by atoms with Crippen LogP contribution in [0.4, 0.5) is 5.69 Å². The van der Waals surface area contributed by atoms with Crippen LogP contribution < -0.4 is 5.73 Å². The number of anilines is 1. The minimum absolute atomic E-state index is 0.119. The summed E-state index contributed by atoms with van der Waals surface area (Å²) in [6.45, 7) is 0. The molecule has 2 aromatic rings. The molecule has 20 heavy (non-hydrogen) atoms. The van der Waals surface area contributed by atoms with Gasteiger partial charge < -0.3 is 10.8 Å². The van der Waals surface area contributed by atoms with Crippen molar-refractivity contribution in [3.8, 4) is 0 Å². The topological polar surface area (TPSA) is 80.4 Å². The lowest BCUT2D eigenvalue weighted by Crippen LogP contribution is -2.01. The zero-order valence-electron chi connectivity index (χ0n) is 10.6. The van der Waals surface area contributed by atoms with Crippen molar-refractivity contribution in [2.45, 2.75) is 0 Å². The van der Waals surface area contributed by atoms with E-state index < -0.39 is 5.97 Å².